The van der Waals surface area contributed by atoms with Gasteiger partial charge in [-0.3, -0.25) is 0 Å². The molecular weight excluding hydrogens is 334 g/mol. The zero-order valence-electron chi connectivity index (χ0n) is 10.9. The highest BCUT2D eigenvalue weighted by atomic mass is 79.9. The topological polar surface area (TPSA) is 54.7 Å². The van der Waals surface area contributed by atoms with Crippen molar-refractivity contribution in [2.75, 3.05) is 0 Å². The van der Waals surface area contributed by atoms with E-state index >= 15 is 0 Å². The Morgan fingerprint density at radius 2 is 2.05 bits per heavy atom. The van der Waals surface area contributed by atoms with Gasteiger partial charge in [0.05, 0.1) is 11.0 Å². The summed E-state index contributed by atoms with van der Waals surface area (Å²) in [6.45, 7) is 1.98. The zero-order chi connectivity index (χ0) is 14.1. The Balaban J connectivity index is 1.89. The van der Waals surface area contributed by atoms with Gasteiger partial charge < -0.3 is 10.7 Å². The summed E-state index contributed by atoms with van der Waals surface area (Å²) < 4.78 is 1.04. The minimum Gasteiger partial charge on any atom is -0.333 e. The average Bonchev–Trinajstić information content (AvgIpc) is 2.80. The highest BCUT2D eigenvalue weighted by Crippen LogP contribution is 2.32. The third-order valence-corrected chi connectivity index (χ3v) is 4.61. The summed E-state index contributed by atoms with van der Waals surface area (Å²) in [5.41, 5.74) is 9.07. The monoisotopic (exact) mass is 347 g/mol. The van der Waals surface area contributed by atoms with Crippen LogP contribution in [0.1, 0.15) is 18.5 Å². The van der Waals surface area contributed by atoms with Crippen LogP contribution in [-0.4, -0.2) is 9.97 Å². The van der Waals surface area contributed by atoms with Crippen molar-refractivity contribution in [3.05, 3.63) is 52.5 Å². The molecule has 2 aromatic carbocycles. The van der Waals surface area contributed by atoms with Crippen molar-refractivity contribution in [3.63, 3.8) is 0 Å². The first kappa shape index (κ1) is 13.7. The predicted molar refractivity (Wildman–Crippen MR) is 87.0 cm³/mol. The van der Waals surface area contributed by atoms with Crippen LogP contribution < -0.4 is 5.73 Å². The maximum Gasteiger partial charge on any atom is 0.171 e. The van der Waals surface area contributed by atoms with E-state index in [4.69, 9.17) is 5.73 Å². The van der Waals surface area contributed by atoms with E-state index in [9.17, 15) is 0 Å². The summed E-state index contributed by atoms with van der Waals surface area (Å²) in [7, 11) is 0. The van der Waals surface area contributed by atoms with E-state index < -0.39 is 0 Å². The van der Waals surface area contributed by atoms with Gasteiger partial charge in [-0.15, -0.1) is 0 Å². The Morgan fingerprint density at radius 1 is 1.25 bits per heavy atom. The van der Waals surface area contributed by atoms with Crippen molar-refractivity contribution in [2.45, 2.75) is 23.0 Å². The lowest BCUT2D eigenvalue weighted by molar-refractivity contribution is 0.811. The van der Waals surface area contributed by atoms with Crippen molar-refractivity contribution >= 4 is 38.7 Å². The number of hydrogen-bond donors (Lipinski definition) is 2. The van der Waals surface area contributed by atoms with Crippen LogP contribution in [0.25, 0.3) is 11.0 Å². The molecule has 3 rings (SSSR count). The number of aromatic nitrogens is 2. The molecule has 5 heteroatoms. The Hall–Kier alpha value is -1.30. The number of para-hydroxylation sites is 2. The quantitative estimate of drug-likeness (QED) is 0.733. The van der Waals surface area contributed by atoms with Gasteiger partial charge in [0.2, 0.25) is 0 Å². The number of H-pyrrole nitrogens is 1. The standard InChI is InChI=1S/C15H14BrN3S/c1-9(17)11-7-6-10(8-12(11)16)20-15-18-13-4-2-3-5-14(13)19-15/h2-9H,17H2,1H3,(H,18,19)/t9-/m1/s1. The maximum atomic E-state index is 5.91. The van der Waals surface area contributed by atoms with E-state index in [0.29, 0.717) is 0 Å². The molecule has 0 amide bonds. The van der Waals surface area contributed by atoms with Crippen LogP contribution >= 0.6 is 27.7 Å². The first-order valence-electron chi connectivity index (χ1n) is 6.31. The highest BCUT2D eigenvalue weighted by Gasteiger charge is 2.08. The Kier molecular flexibility index (Phi) is 3.83. The summed E-state index contributed by atoms with van der Waals surface area (Å²) in [6.07, 6.45) is 0. The van der Waals surface area contributed by atoms with Crippen LogP contribution in [0.15, 0.2) is 57.0 Å². The molecule has 0 aliphatic carbocycles. The molecule has 0 saturated heterocycles. The van der Waals surface area contributed by atoms with E-state index in [1.807, 2.05) is 31.2 Å². The van der Waals surface area contributed by atoms with Crippen LogP contribution in [-0.2, 0) is 0 Å². The van der Waals surface area contributed by atoms with E-state index in [2.05, 4.69) is 44.1 Å². The molecule has 102 valence electrons. The lowest BCUT2D eigenvalue weighted by atomic mass is 10.1. The average molecular weight is 348 g/mol. The summed E-state index contributed by atoms with van der Waals surface area (Å²) in [5, 5.41) is 0.895. The number of hydrogen-bond acceptors (Lipinski definition) is 3. The molecule has 0 fully saturated rings. The van der Waals surface area contributed by atoms with E-state index in [1.54, 1.807) is 11.8 Å². The van der Waals surface area contributed by atoms with Crippen molar-refractivity contribution in [2.24, 2.45) is 5.73 Å². The molecule has 0 unspecified atom stereocenters. The van der Waals surface area contributed by atoms with Crippen LogP contribution in [0, 0.1) is 0 Å². The fraction of sp³-hybridized carbons (Fsp3) is 0.133. The van der Waals surface area contributed by atoms with E-state index in [-0.39, 0.29) is 6.04 Å². The minimum atomic E-state index is 0.0228. The molecular formula is C15H14BrN3S. The molecule has 0 aliphatic rings. The Morgan fingerprint density at radius 3 is 2.75 bits per heavy atom. The van der Waals surface area contributed by atoms with Crippen LogP contribution in [0.3, 0.4) is 0 Å². The van der Waals surface area contributed by atoms with E-state index in [1.165, 1.54) is 0 Å². The summed E-state index contributed by atoms with van der Waals surface area (Å²) >= 11 is 5.18. The molecule has 3 N–H and O–H groups in total. The number of rotatable bonds is 3. The molecule has 3 aromatic rings. The number of nitrogens with one attached hydrogen (secondary N) is 1. The molecule has 20 heavy (non-hydrogen) atoms. The summed E-state index contributed by atoms with van der Waals surface area (Å²) in [4.78, 5) is 9.00. The van der Waals surface area contributed by atoms with Crippen molar-refractivity contribution in [1.82, 2.24) is 9.97 Å². The second-order valence-electron chi connectivity index (χ2n) is 4.63. The molecule has 3 nitrogen and oxygen atoms in total. The van der Waals surface area contributed by atoms with Gasteiger partial charge in [0.25, 0.3) is 0 Å². The van der Waals surface area contributed by atoms with Gasteiger partial charge in [-0.05, 0) is 36.8 Å². The first-order valence-corrected chi connectivity index (χ1v) is 7.92. The molecule has 0 radical (unpaired) electrons. The number of aromatic amines is 1. The van der Waals surface area contributed by atoms with Crippen LogP contribution in [0.2, 0.25) is 0 Å². The van der Waals surface area contributed by atoms with Gasteiger partial charge in [0, 0.05) is 15.4 Å². The number of benzene rings is 2. The number of nitrogens with two attached hydrogens (primary N) is 1. The largest absolute Gasteiger partial charge is 0.333 e. The first-order chi connectivity index (χ1) is 9.63. The van der Waals surface area contributed by atoms with Gasteiger partial charge in [0.1, 0.15) is 0 Å². The number of imidazole rings is 1. The molecule has 0 saturated carbocycles. The van der Waals surface area contributed by atoms with Crippen LogP contribution in [0.5, 0.6) is 0 Å². The van der Waals surface area contributed by atoms with Gasteiger partial charge in [-0.1, -0.05) is 45.9 Å². The third kappa shape index (κ3) is 2.75. The van der Waals surface area contributed by atoms with Gasteiger partial charge in [-0.25, -0.2) is 4.98 Å². The van der Waals surface area contributed by atoms with Gasteiger partial charge in [-0.2, -0.15) is 0 Å². The second-order valence-corrected chi connectivity index (χ2v) is 6.55. The smallest absolute Gasteiger partial charge is 0.171 e. The second kappa shape index (κ2) is 5.60. The predicted octanol–water partition coefficient (Wildman–Crippen LogP) is 4.50. The zero-order valence-corrected chi connectivity index (χ0v) is 13.3. The lowest BCUT2D eigenvalue weighted by Crippen LogP contribution is -2.05. The molecule has 1 aromatic heterocycles. The number of fused-ring (bicyclic) bond motifs is 1. The third-order valence-electron chi connectivity index (χ3n) is 3.04. The fourth-order valence-corrected chi connectivity index (χ4v) is 3.76. The molecule has 0 spiro atoms. The van der Waals surface area contributed by atoms with Crippen molar-refractivity contribution < 1.29 is 0 Å². The summed E-state index contributed by atoms with van der Waals surface area (Å²) in [6, 6.07) is 14.3. The SMILES string of the molecule is C[C@@H](N)c1ccc(Sc2nc3ccccc3[nH]2)cc1Br. The summed E-state index contributed by atoms with van der Waals surface area (Å²) in [5.74, 6) is 0. The highest BCUT2D eigenvalue weighted by molar-refractivity contribution is 9.10. The Labute approximate surface area is 130 Å². The van der Waals surface area contributed by atoms with E-state index in [0.717, 1.165) is 31.1 Å². The maximum absolute atomic E-state index is 5.91. The van der Waals surface area contributed by atoms with Crippen molar-refractivity contribution in [3.8, 4) is 0 Å². The fourth-order valence-electron chi connectivity index (χ4n) is 2.03. The molecule has 0 aliphatic heterocycles. The normalized spacial score (nSPS) is 12.8. The van der Waals surface area contributed by atoms with Crippen LogP contribution in [0.4, 0.5) is 0 Å². The molecule has 0 bridgehead atoms. The lowest BCUT2D eigenvalue weighted by Gasteiger charge is -2.09. The number of halogens is 1. The Bertz CT molecular complexity index is 719. The minimum absolute atomic E-state index is 0.0228. The van der Waals surface area contributed by atoms with Gasteiger partial charge in [0.15, 0.2) is 5.16 Å². The number of nitrogens with zero attached hydrogens (tertiary/aromatic N) is 1. The van der Waals surface area contributed by atoms with Gasteiger partial charge >= 0.3 is 0 Å². The van der Waals surface area contributed by atoms with Crippen molar-refractivity contribution in [1.29, 1.82) is 0 Å². The molecule has 1 heterocycles. The molecule has 1 atom stereocenters.